The first-order valence-corrected chi connectivity index (χ1v) is 10.5. The highest BCUT2D eigenvalue weighted by molar-refractivity contribution is 5.69. The maximum atomic E-state index is 13.4. The van der Waals surface area contributed by atoms with Crippen molar-refractivity contribution >= 4 is 11.9 Å². The summed E-state index contributed by atoms with van der Waals surface area (Å²) in [6, 6.07) is 10.2. The molecule has 8 nitrogen and oxygen atoms in total. The van der Waals surface area contributed by atoms with E-state index in [1.807, 2.05) is 23.1 Å². The summed E-state index contributed by atoms with van der Waals surface area (Å²) in [5.41, 5.74) is 2.59. The van der Waals surface area contributed by atoms with Crippen LogP contribution in [0.5, 0.6) is 0 Å². The molecule has 1 fully saturated rings. The highest BCUT2D eigenvalue weighted by Gasteiger charge is 2.27. The third-order valence-electron chi connectivity index (χ3n) is 5.51. The van der Waals surface area contributed by atoms with Crippen molar-refractivity contribution < 1.29 is 14.3 Å². The van der Waals surface area contributed by atoms with Crippen molar-refractivity contribution in [2.45, 2.75) is 33.0 Å². The van der Waals surface area contributed by atoms with Crippen LogP contribution in [-0.2, 0) is 40.3 Å². The van der Waals surface area contributed by atoms with Crippen molar-refractivity contribution in [2.24, 2.45) is 0 Å². The first kappa shape index (κ1) is 20.6. The molecular weight excluding hydrogens is 384 g/mol. The van der Waals surface area contributed by atoms with Gasteiger partial charge in [-0.15, -0.1) is 0 Å². The number of morpholine rings is 1. The van der Waals surface area contributed by atoms with Crippen LogP contribution in [0.4, 0.5) is 5.95 Å². The van der Waals surface area contributed by atoms with Crippen molar-refractivity contribution in [3.63, 3.8) is 0 Å². The molecule has 0 amide bonds. The van der Waals surface area contributed by atoms with Crippen LogP contribution < -0.4 is 10.5 Å². The van der Waals surface area contributed by atoms with E-state index in [9.17, 15) is 9.59 Å². The van der Waals surface area contributed by atoms with Crippen molar-refractivity contribution in [3.05, 3.63) is 57.5 Å². The third-order valence-corrected chi connectivity index (χ3v) is 5.51. The van der Waals surface area contributed by atoms with Gasteiger partial charge in [0, 0.05) is 39.1 Å². The van der Waals surface area contributed by atoms with Gasteiger partial charge in [-0.05, 0) is 12.5 Å². The van der Waals surface area contributed by atoms with Crippen LogP contribution in [0.25, 0.3) is 0 Å². The molecule has 2 aromatic rings. The third kappa shape index (κ3) is 4.55. The lowest BCUT2D eigenvalue weighted by Gasteiger charge is -2.33. The molecule has 2 aliphatic heterocycles. The number of hydrogen-bond donors (Lipinski definition) is 0. The molecule has 0 unspecified atom stereocenters. The Kier molecular flexibility index (Phi) is 6.44. The van der Waals surface area contributed by atoms with E-state index in [1.54, 1.807) is 6.92 Å². The molecule has 4 rings (SSSR count). The van der Waals surface area contributed by atoms with Crippen LogP contribution in [0.3, 0.4) is 0 Å². The van der Waals surface area contributed by atoms with Gasteiger partial charge in [-0.2, -0.15) is 0 Å². The SMILES string of the molecule is CCOC(=O)Cn1c(N2CCOCC2)nc2c(c1=O)CN(Cc1ccccc1)CC2. The summed E-state index contributed by atoms with van der Waals surface area (Å²) in [5, 5.41) is 0. The van der Waals surface area contributed by atoms with Gasteiger partial charge in [-0.3, -0.25) is 19.1 Å². The largest absolute Gasteiger partial charge is 0.465 e. The number of nitrogens with zero attached hydrogens (tertiary/aromatic N) is 4. The lowest BCUT2D eigenvalue weighted by Crippen LogP contribution is -2.44. The van der Waals surface area contributed by atoms with Crippen LogP contribution in [0.1, 0.15) is 23.7 Å². The standard InChI is InChI=1S/C22H28N4O4/c1-2-30-20(27)16-26-21(28)18-15-24(14-17-6-4-3-5-7-17)9-8-19(18)23-22(26)25-10-12-29-13-11-25/h3-7H,2,8-16H2,1H3. The Bertz CT molecular complexity index is 938. The van der Waals surface area contributed by atoms with E-state index < -0.39 is 5.97 Å². The average molecular weight is 412 g/mol. The molecule has 8 heteroatoms. The molecule has 0 aliphatic carbocycles. The average Bonchev–Trinajstić information content (AvgIpc) is 2.77. The van der Waals surface area contributed by atoms with E-state index in [-0.39, 0.29) is 18.7 Å². The van der Waals surface area contributed by atoms with Crippen molar-refractivity contribution in [1.29, 1.82) is 0 Å². The molecule has 0 saturated carbocycles. The molecule has 3 heterocycles. The van der Waals surface area contributed by atoms with Crippen LogP contribution in [0.15, 0.2) is 35.1 Å². The van der Waals surface area contributed by atoms with Gasteiger partial charge in [0.25, 0.3) is 5.56 Å². The minimum Gasteiger partial charge on any atom is -0.465 e. The molecule has 1 aromatic heterocycles. The maximum Gasteiger partial charge on any atom is 0.326 e. The minimum atomic E-state index is -0.423. The number of anilines is 1. The Hall–Kier alpha value is -2.71. The summed E-state index contributed by atoms with van der Waals surface area (Å²) in [6.45, 7) is 6.53. The Balaban J connectivity index is 1.65. The summed E-state index contributed by atoms with van der Waals surface area (Å²) >= 11 is 0. The molecule has 2 aliphatic rings. The first-order valence-electron chi connectivity index (χ1n) is 10.5. The molecule has 1 aromatic carbocycles. The van der Waals surface area contributed by atoms with Gasteiger partial charge in [0.05, 0.1) is 31.1 Å². The molecule has 0 atom stereocenters. The second-order valence-corrected chi connectivity index (χ2v) is 7.58. The van der Waals surface area contributed by atoms with Gasteiger partial charge in [0.2, 0.25) is 5.95 Å². The van der Waals surface area contributed by atoms with Crippen LogP contribution in [0.2, 0.25) is 0 Å². The number of fused-ring (bicyclic) bond motifs is 1. The fourth-order valence-electron chi connectivity index (χ4n) is 4.02. The van der Waals surface area contributed by atoms with Crippen molar-refractivity contribution in [1.82, 2.24) is 14.5 Å². The second-order valence-electron chi connectivity index (χ2n) is 7.58. The van der Waals surface area contributed by atoms with Gasteiger partial charge in [-0.25, -0.2) is 4.98 Å². The Morgan fingerprint density at radius 3 is 2.67 bits per heavy atom. The lowest BCUT2D eigenvalue weighted by molar-refractivity contribution is -0.143. The Morgan fingerprint density at radius 1 is 1.17 bits per heavy atom. The number of aromatic nitrogens is 2. The zero-order valence-corrected chi connectivity index (χ0v) is 17.4. The number of esters is 1. The van der Waals surface area contributed by atoms with Crippen molar-refractivity contribution in [3.8, 4) is 0 Å². The van der Waals surface area contributed by atoms with Gasteiger partial charge < -0.3 is 14.4 Å². The molecule has 160 valence electrons. The first-order chi connectivity index (χ1) is 14.7. The number of carbonyl (C=O) groups excluding carboxylic acids is 1. The van der Waals surface area contributed by atoms with Crippen LogP contribution >= 0.6 is 0 Å². The predicted molar refractivity (Wildman–Crippen MR) is 112 cm³/mol. The lowest BCUT2D eigenvalue weighted by atomic mass is 10.1. The summed E-state index contributed by atoms with van der Waals surface area (Å²) in [6.07, 6.45) is 0.717. The maximum absolute atomic E-state index is 13.4. The fraction of sp³-hybridized carbons (Fsp3) is 0.500. The van der Waals surface area contributed by atoms with E-state index in [2.05, 4.69) is 17.0 Å². The zero-order chi connectivity index (χ0) is 20.9. The normalized spacial score (nSPS) is 16.9. The van der Waals surface area contributed by atoms with Gasteiger partial charge in [0.1, 0.15) is 6.54 Å². The summed E-state index contributed by atoms with van der Waals surface area (Å²) < 4.78 is 12.0. The molecule has 1 saturated heterocycles. The number of ether oxygens (including phenoxy) is 2. The molecule has 30 heavy (non-hydrogen) atoms. The number of rotatable bonds is 6. The molecule has 0 bridgehead atoms. The van der Waals surface area contributed by atoms with Crippen LogP contribution in [0, 0.1) is 0 Å². The Morgan fingerprint density at radius 2 is 1.93 bits per heavy atom. The van der Waals surface area contributed by atoms with E-state index in [4.69, 9.17) is 14.5 Å². The molecular formula is C22H28N4O4. The van der Waals surface area contributed by atoms with E-state index in [0.717, 1.165) is 25.2 Å². The topological polar surface area (TPSA) is 76.9 Å². The van der Waals surface area contributed by atoms with Gasteiger partial charge in [0.15, 0.2) is 0 Å². The number of carbonyl (C=O) groups is 1. The van der Waals surface area contributed by atoms with E-state index in [0.29, 0.717) is 44.4 Å². The van der Waals surface area contributed by atoms with Gasteiger partial charge >= 0.3 is 5.97 Å². The molecule has 0 spiro atoms. The Labute approximate surface area is 176 Å². The molecule has 0 radical (unpaired) electrons. The fourth-order valence-corrected chi connectivity index (χ4v) is 4.02. The summed E-state index contributed by atoms with van der Waals surface area (Å²) in [7, 11) is 0. The number of benzene rings is 1. The minimum absolute atomic E-state index is 0.127. The molecule has 0 N–H and O–H groups in total. The quantitative estimate of drug-likeness (QED) is 0.660. The second kappa shape index (κ2) is 9.40. The summed E-state index contributed by atoms with van der Waals surface area (Å²) in [5.74, 6) is 0.124. The number of hydrogen-bond acceptors (Lipinski definition) is 7. The van der Waals surface area contributed by atoms with Crippen molar-refractivity contribution in [2.75, 3.05) is 44.4 Å². The van der Waals surface area contributed by atoms with E-state index >= 15 is 0 Å². The smallest absolute Gasteiger partial charge is 0.326 e. The van der Waals surface area contributed by atoms with E-state index in [1.165, 1.54) is 10.1 Å². The highest BCUT2D eigenvalue weighted by atomic mass is 16.5. The van der Waals surface area contributed by atoms with Gasteiger partial charge in [-0.1, -0.05) is 30.3 Å². The summed E-state index contributed by atoms with van der Waals surface area (Å²) in [4.78, 5) is 34.8. The van der Waals surface area contributed by atoms with Crippen LogP contribution in [-0.4, -0.2) is 59.9 Å². The predicted octanol–water partition coefficient (Wildman–Crippen LogP) is 1.20. The zero-order valence-electron chi connectivity index (χ0n) is 17.4. The highest BCUT2D eigenvalue weighted by Crippen LogP contribution is 2.21. The monoisotopic (exact) mass is 412 g/mol.